The van der Waals surface area contributed by atoms with E-state index >= 15 is 0 Å². The summed E-state index contributed by atoms with van der Waals surface area (Å²) in [5, 5.41) is 0. The lowest BCUT2D eigenvalue weighted by molar-refractivity contribution is -0.117. The number of rotatable bonds is 7. The minimum atomic E-state index is -3.52. The molecule has 1 aromatic heterocycles. The van der Waals surface area contributed by atoms with Gasteiger partial charge in [0.2, 0.25) is 5.91 Å². The van der Waals surface area contributed by atoms with Gasteiger partial charge < -0.3 is 14.0 Å². The summed E-state index contributed by atoms with van der Waals surface area (Å²) >= 11 is 1.35. The molecular formula is C20H22N2O5S2. The Hall–Kier alpha value is -2.65. The van der Waals surface area contributed by atoms with Crippen molar-refractivity contribution in [1.29, 1.82) is 0 Å². The standard InChI is InChI=1S/C20H22N2O5S2/c1-4-22-15-12-16(26-2)17(27-3)13-18(15)28-20(22)21-19(23)10-11-29(24,25)14-8-6-5-7-9-14/h5-9,12-13H,4,10-11H2,1-3H3. The summed E-state index contributed by atoms with van der Waals surface area (Å²) in [5.41, 5.74) is 0.874. The molecule has 0 N–H and O–H groups in total. The largest absolute Gasteiger partial charge is 0.493 e. The number of hydrogen-bond donors (Lipinski definition) is 0. The molecule has 0 saturated heterocycles. The van der Waals surface area contributed by atoms with Crippen LogP contribution in [0.25, 0.3) is 10.2 Å². The number of ether oxygens (including phenoxy) is 2. The molecular weight excluding hydrogens is 412 g/mol. The summed E-state index contributed by atoms with van der Waals surface area (Å²) in [5.74, 6) is 0.429. The van der Waals surface area contributed by atoms with Crippen LogP contribution in [-0.4, -0.2) is 38.9 Å². The molecule has 0 aliphatic rings. The quantitative estimate of drug-likeness (QED) is 0.570. The van der Waals surface area contributed by atoms with Crippen LogP contribution in [0, 0.1) is 0 Å². The Balaban J connectivity index is 1.90. The van der Waals surface area contributed by atoms with E-state index in [-0.39, 0.29) is 17.1 Å². The molecule has 0 aliphatic heterocycles. The highest BCUT2D eigenvalue weighted by molar-refractivity contribution is 7.91. The summed E-state index contributed by atoms with van der Waals surface area (Å²) in [6, 6.07) is 11.8. The average molecular weight is 435 g/mol. The number of aromatic nitrogens is 1. The van der Waals surface area contributed by atoms with E-state index < -0.39 is 15.7 Å². The summed E-state index contributed by atoms with van der Waals surface area (Å²) < 4.78 is 38.2. The first-order valence-corrected chi connectivity index (χ1v) is 11.5. The number of carbonyl (C=O) groups is 1. The fraction of sp³-hybridized carbons (Fsp3) is 0.300. The maximum absolute atomic E-state index is 12.4. The second-order valence-electron chi connectivity index (χ2n) is 6.19. The monoisotopic (exact) mass is 434 g/mol. The molecule has 0 aliphatic carbocycles. The van der Waals surface area contributed by atoms with Crippen molar-refractivity contribution in [2.75, 3.05) is 20.0 Å². The molecule has 0 unspecified atom stereocenters. The molecule has 2 aromatic carbocycles. The maximum atomic E-state index is 12.4. The Morgan fingerprint density at radius 3 is 2.38 bits per heavy atom. The van der Waals surface area contributed by atoms with Crippen LogP contribution in [0.2, 0.25) is 0 Å². The zero-order chi connectivity index (χ0) is 21.0. The van der Waals surface area contributed by atoms with E-state index in [2.05, 4.69) is 4.99 Å². The number of methoxy groups -OCH3 is 2. The summed E-state index contributed by atoms with van der Waals surface area (Å²) in [4.78, 5) is 17.3. The molecule has 0 bridgehead atoms. The number of carbonyl (C=O) groups excluding carboxylic acids is 1. The molecule has 0 spiro atoms. The predicted octanol–water partition coefficient (Wildman–Crippen LogP) is 3.03. The number of benzene rings is 2. The van der Waals surface area contributed by atoms with Crippen LogP contribution in [0.3, 0.4) is 0 Å². The van der Waals surface area contributed by atoms with Crippen molar-refractivity contribution >= 4 is 37.3 Å². The summed E-state index contributed by atoms with van der Waals surface area (Å²) in [6.07, 6.45) is -0.179. The van der Waals surface area contributed by atoms with Gasteiger partial charge in [0.25, 0.3) is 0 Å². The van der Waals surface area contributed by atoms with Crippen LogP contribution < -0.4 is 14.3 Å². The van der Waals surface area contributed by atoms with Gasteiger partial charge in [-0.3, -0.25) is 4.79 Å². The molecule has 29 heavy (non-hydrogen) atoms. The molecule has 9 heteroatoms. The lowest BCUT2D eigenvalue weighted by Crippen LogP contribution is -2.17. The third-order valence-electron chi connectivity index (χ3n) is 4.41. The fourth-order valence-electron chi connectivity index (χ4n) is 2.92. The van der Waals surface area contributed by atoms with E-state index in [1.54, 1.807) is 32.4 Å². The van der Waals surface area contributed by atoms with Crippen LogP contribution in [0.5, 0.6) is 11.5 Å². The van der Waals surface area contributed by atoms with Crippen LogP contribution in [0.1, 0.15) is 13.3 Å². The van der Waals surface area contributed by atoms with Crippen LogP contribution in [0.15, 0.2) is 52.4 Å². The van der Waals surface area contributed by atoms with Gasteiger partial charge in [-0.25, -0.2) is 8.42 Å². The van der Waals surface area contributed by atoms with E-state index in [1.165, 1.54) is 23.5 Å². The van der Waals surface area contributed by atoms with Crippen molar-refractivity contribution in [2.24, 2.45) is 4.99 Å². The number of sulfone groups is 1. The van der Waals surface area contributed by atoms with Gasteiger partial charge in [-0.15, -0.1) is 0 Å². The molecule has 0 atom stereocenters. The Labute approximate surface area is 173 Å². The highest BCUT2D eigenvalue weighted by Crippen LogP contribution is 2.33. The molecule has 1 heterocycles. The fourth-order valence-corrected chi connectivity index (χ4v) is 5.29. The third kappa shape index (κ3) is 4.51. The van der Waals surface area contributed by atoms with Crippen LogP contribution >= 0.6 is 11.3 Å². The Bertz CT molecular complexity index is 1190. The number of thiazole rings is 1. The number of aryl methyl sites for hydroxylation is 1. The molecule has 0 fully saturated rings. The Morgan fingerprint density at radius 2 is 1.76 bits per heavy atom. The van der Waals surface area contributed by atoms with Crippen molar-refractivity contribution < 1.29 is 22.7 Å². The minimum Gasteiger partial charge on any atom is -0.493 e. The lowest BCUT2D eigenvalue weighted by atomic mass is 10.3. The normalized spacial score (nSPS) is 12.3. The highest BCUT2D eigenvalue weighted by Gasteiger charge is 2.17. The zero-order valence-electron chi connectivity index (χ0n) is 16.4. The first kappa shape index (κ1) is 21.1. The lowest BCUT2D eigenvalue weighted by Gasteiger charge is -2.08. The third-order valence-corrected chi connectivity index (χ3v) is 7.18. The summed E-state index contributed by atoms with van der Waals surface area (Å²) in [7, 11) is -0.397. The van der Waals surface area contributed by atoms with Crippen molar-refractivity contribution in [3.05, 3.63) is 47.3 Å². The molecule has 3 rings (SSSR count). The van der Waals surface area contributed by atoms with E-state index in [9.17, 15) is 13.2 Å². The smallest absolute Gasteiger partial charge is 0.249 e. The average Bonchev–Trinajstić information content (AvgIpc) is 3.07. The van der Waals surface area contributed by atoms with Crippen molar-refractivity contribution in [3.8, 4) is 11.5 Å². The number of fused-ring (bicyclic) bond motifs is 1. The second-order valence-corrected chi connectivity index (χ2v) is 9.31. The minimum absolute atomic E-state index is 0.179. The highest BCUT2D eigenvalue weighted by atomic mass is 32.2. The first-order chi connectivity index (χ1) is 13.9. The zero-order valence-corrected chi connectivity index (χ0v) is 18.0. The molecule has 0 radical (unpaired) electrons. The van der Waals surface area contributed by atoms with E-state index in [0.29, 0.717) is 22.8 Å². The van der Waals surface area contributed by atoms with Crippen molar-refractivity contribution in [2.45, 2.75) is 24.8 Å². The molecule has 3 aromatic rings. The van der Waals surface area contributed by atoms with Crippen LogP contribution in [0.4, 0.5) is 0 Å². The number of hydrogen-bond acceptors (Lipinski definition) is 6. The van der Waals surface area contributed by atoms with Gasteiger partial charge in [0.1, 0.15) is 0 Å². The van der Waals surface area contributed by atoms with E-state index in [4.69, 9.17) is 9.47 Å². The van der Waals surface area contributed by atoms with E-state index in [1.807, 2.05) is 23.6 Å². The van der Waals surface area contributed by atoms with Gasteiger partial charge in [-0.1, -0.05) is 29.5 Å². The van der Waals surface area contributed by atoms with Gasteiger partial charge in [0.05, 0.1) is 35.1 Å². The van der Waals surface area contributed by atoms with Crippen molar-refractivity contribution in [3.63, 3.8) is 0 Å². The summed E-state index contributed by atoms with van der Waals surface area (Å²) in [6.45, 7) is 2.55. The van der Waals surface area contributed by atoms with Crippen LogP contribution in [-0.2, 0) is 21.2 Å². The number of amides is 1. The van der Waals surface area contributed by atoms with Gasteiger partial charge in [0.15, 0.2) is 26.1 Å². The predicted molar refractivity (Wildman–Crippen MR) is 112 cm³/mol. The topological polar surface area (TPSA) is 87.0 Å². The second kappa shape index (κ2) is 8.79. The van der Waals surface area contributed by atoms with Gasteiger partial charge in [0, 0.05) is 25.1 Å². The SMILES string of the molecule is CCn1c(=NC(=O)CCS(=O)(=O)c2ccccc2)sc2cc(OC)c(OC)cc21. The molecule has 7 nitrogen and oxygen atoms in total. The van der Waals surface area contributed by atoms with Gasteiger partial charge in [-0.05, 0) is 19.1 Å². The Morgan fingerprint density at radius 1 is 1.10 bits per heavy atom. The first-order valence-electron chi connectivity index (χ1n) is 9.00. The van der Waals surface area contributed by atoms with Crippen molar-refractivity contribution in [1.82, 2.24) is 4.57 Å². The molecule has 1 amide bonds. The molecule has 154 valence electrons. The van der Waals surface area contributed by atoms with Gasteiger partial charge in [-0.2, -0.15) is 4.99 Å². The maximum Gasteiger partial charge on any atom is 0.249 e. The van der Waals surface area contributed by atoms with Gasteiger partial charge >= 0.3 is 0 Å². The number of nitrogens with zero attached hydrogens (tertiary/aromatic N) is 2. The molecule has 0 saturated carbocycles. The van der Waals surface area contributed by atoms with E-state index in [0.717, 1.165) is 10.2 Å². The Kier molecular flexibility index (Phi) is 6.39.